The molecule has 0 bridgehead atoms. The van der Waals surface area contributed by atoms with Gasteiger partial charge in [0.1, 0.15) is 0 Å². The Kier molecular flexibility index (Phi) is 3.80. The summed E-state index contributed by atoms with van der Waals surface area (Å²) in [5, 5.41) is 0. The van der Waals surface area contributed by atoms with E-state index in [1.54, 1.807) is 12.4 Å². The van der Waals surface area contributed by atoms with Crippen LogP contribution in [0.25, 0.3) is 5.57 Å². The minimum absolute atomic E-state index is 0.261. The van der Waals surface area contributed by atoms with Gasteiger partial charge in [-0.2, -0.15) is 0 Å². The summed E-state index contributed by atoms with van der Waals surface area (Å²) in [5.74, 6) is -0.261. The molecule has 1 heterocycles. The Morgan fingerprint density at radius 1 is 1.23 bits per heavy atom. The van der Waals surface area contributed by atoms with Gasteiger partial charge >= 0.3 is 5.97 Å². The molecule has 0 saturated carbocycles. The van der Waals surface area contributed by atoms with E-state index in [2.05, 4.69) is 30.1 Å². The molecule has 112 valence electrons. The van der Waals surface area contributed by atoms with E-state index in [1.807, 2.05) is 24.3 Å². The number of carbonyl (C=O) groups is 1. The molecule has 1 aromatic heterocycles. The number of allylic oxidation sites excluding steroid dienone is 1. The third-order valence-electron chi connectivity index (χ3n) is 4.07. The first-order valence-electron chi connectivity index (χ1n) is 7.49. The van der Waals surface area contributed by atoms with Crippen LogP contribution >= 0.6 is 0 Å². The first kappa shape index (κ1) is 14.5. The molecule has 2 aromatic rings. The van der Waals surface area contributed by atoms with Gasteiger partial charge in [-0.05, 0) is 37.5 Å². The molecular weight excluding hydrogens is 274 g/mol. The zero-order chi connectivity index (χ0) is 15.6. The molecular formula is C19H19NO2. The van der Waals surface area contributed by atoms with Crippen LogP contribution in [0.15, 0.2) is 54.9 Å². The molecule has 1 aliphatic rings. The highest BCUT2D eigenvalue weighted by Crippen LogP contribution is 2.48. The van der Waals surface area contributed by atoms with Crippen molar-refractivity contribution in [2.45, 2.75) is 32.3 Å². The lowest BCUT2D eigenvalue weighted by Gasteiger charge is -2.33. The number of aryl methyl sites for hydroxylation is 1. The number of ether oxygens (including phenoxy) is 1. The summed E-state index contributed by atoms with van der Waals surface area (Å²) < 4.78 is 5.88. The molecule has 3 nitrogen and oxygen atoms in total. The number of benzene rings is 1. The van der Waals surface area contributed by atoms with Crippen molar-refractivity contribution in [2.75, 3.05) is 0 Å². The number of pyridine rings is 1. The number of rotatable bonds is 3. The second-order valence-corrected chi connectivity index (χ2v) is 5.68. The second kappa shape index (κ2) is 5.76. The van der Waals surface area contributed by atoms with Crippen molar-refractivity contribution >= 4 is 11.5 Å². The van der Waals surface area contributed by atoms with Gasteiger partial charge in [-0.1, -0.05) is 35.9 Å². The quantitative estimate of drug-likeness (QED) is 0.802. The van der Waals surface area contributed by atoms with E-state index in [0.29, 0.717) is 0 Å². The summed E-state index contributed by atoms with van der Waals surface area (Å²) in [7, 11) is 0. The molecule has 0 fully saturated rings. The standard InChI is InChI=1S/C19H19NO2/c1-14-5-3-6-17(13-14)19(22-15(2)21)10-4-7-18(19)16-8-11-20-12-9-16/h3,5-9,11-13H,4,10H2,1-2H3. The number of hydrogen-bond donors (Lipinski definition) is 0. The number of carbonyl (C=O) groups excluding carboxylic acids is 1. The summed E-state index contributed by atoms with van der Waals surface area (Å²) in [6, 6.07) is 12.1. The summed E-state index contributed by atoms with van der Waals surface area (Å²) >= 11 is 0. The third-order valence-corrected chi connectivity index (χ3v) is 4.07. The predicted octanol–water partition coefficient (Wildman–Crippen LogP) is 4.03. The Hall–Kier alpha value is -2.42. The molecule has 1 aromatic carbocycles. The molecule has 3 heteroatoms. The maximum Gasteiger partial charge on any atom is 0.303 e. The lowest BCUT2D eigenvalue weighted by molar-refractivity contribution is -0.152. The van der Waals surface area contributed by atoms with Crippen LogP contribution in [0.4, 0.5) is 0 Å². The van der Waals surface area contributed by atoms with E-state index < -0.39 is 5.60 Å². The average molecular weight is 293 g/mol. The molecule has 1 unspecified atom stereocenters. The topological polar surface area (TPSA) is 39.2 Å². The molecule has 0 N–H and O–H groups in total. The Morgan fingerprint density at radius 3 is 2.68 bits per heavy atom. The van der Waals surface area contributed by atoms with Gasteiger partial charge in [-0.25, -0.2) is 0 Å². The van der Waals surface area contributed by atoms with Crippen LogP contribution in [0.1, 0.15) is 36.5 Å². The summed E-state index contributed by atoms with van der Waals surface area (Å²) in [6.07, 6.45) is 7.36. The number of esters is 1. The monoisotopic (exact) mass is 293 g/mol. The first-order valence-corrected chi connectivity index (χ1v) is 7.49. The Labute approximate surface area is 130 Å². The largest absolute Gasteiger partial charge is 0.449 e. The van der Waals surface area contributed by atoms with E-state index in [4.69, 9.17) is 4.74 Å². The van der Waals surface area contributed by atoms with Crippen molar-refractivity contribution in [3.05, 3.63) is 71.6 Å². The number of hydrogen-bond acceptors (Lipinski definition) is 3. The zero-order valence-corrected chi connectivity index (χ0v) is 12.9. The number of aromatic nitrogens is 1. The highest BCUT2D eigenvalue weighted by Gasteiger charge is 2.42. The Morgan fingerprint density at radius 2 is 2.00 bits per heavy atom. The molecule has 0 amide bonds. The molecule has 0 spiro atoms. The predicted molar refractivity (Wildman–Crippen MR) is 86.1 cm³/mol. The van der Waals surface area contributed by atoms with Gasteiger partial charge in [0.25, 0.3) is 0 Å². The molecule has 1 aliphatic carbocycles. The molecule has 0 saturated heterocycles. The summed E-state index contributed by atoms with van der Waals surface area (Å²) in [4.78, 5) is 15.9. The SMILES string of the molecule is CC(=O)OC1(c2cccc(C)c2)CCC=C1c1ccncc1. The highest BCUT2D eigenvalue weighted by atomic mass is 16.6. The fraction of sp³-hybridized carbons (Fsp3) is 0.263. The van der Waals surface area contributed by atoms with Gasteiger partial charge in [-0.15, -0.1) is 0 Å². The van der Waals surface area contributed by atoms with E-state index in [0.717, 1.165) is 35.1 Å². The van der Waals surface area contributed by atoms with Gasteiger partial charge in [-0.3, -0.25) is 9.78 Å². The van der Waals surface area contributed by atoms with Crippen molar-refractivity contribution < 1.29 is 9.53 Å². The van der Waals surface area contributed by atoms with Crippen LogP contribution < -0.4 is 0 Å². The van der Waals surface area contributed by atoms with E-state index >= 15 is 0 Å². The smallest absolute Gasteiger partial charge is 0.303 e. The summed E-state index contributed by atoms with van der Waals surface area (Å²) in [6.45, 7) is 3.52. The zero-order valence-electron chi connectivity index (χ0n) is 12.9. The summed E-state index contributed by atoms with van der Waals surface area (Å²) in [5.41, 5.74) is 3.60. The van der Waals surface area contributed by atoms with Crippen LogP contribution in [0.2, 0.25) is 0 Å². The highest BCUT2D eigenvalue weighted by molar-refractivity contribution is 5.79. The van der Waals surface area contributed by atoms with Crippen LogP contribution in [-0.4, -0.2) is 11.0 Å². The molecule has 22 heavy (non-hydrogen) atoms. The van der Waals surface area contributed by atoms with Crippen LogP contribution in [-0.2, 0) is 15.1 Å². The Balaban J connectivity index is 2.14. The fourth-order valence-corrected chi connectivity index (χ4v) is 3.21. The van der Waals surface area contributed by atoms with Crippen molar-refractivity contribution in [1.29, 1.82) is 0 Å². The van der Waals surface area contributed by atoms with Crippen LogP contribution in [0, 0.1) is 6.92 Å². The van der Waals surface area contributed by atoms with E-state index in [1.165, 1.54) is 6.92 Å². The lowest BCUT2D eigenvalue weighted by Crippen LogP contribution is -2.31. The third kappa shape index (κ3) is 2.54. The van der Waals surface area contributed by atoms with Gasteiger partial charge in [0.05, 0.1) is 0 Å². The van der Waals surface area contributed by atoms with E-state index in [9.17, 15) is 4.79 Å². The van der Waals surface area contributed by atoms with E-state index in [-0.39, 0.29) is 5.97 Å². The normalized spacial score (nSPS) is 20.5. The molecule has 1 atom stereocenters. The van der Waals surface area contributed by atoms with Gasteiger partial charge in [0, 0.05) is 30.5 Å². The first-order chi connectivity index (χ1) is 10.6. The maximum atomic E-state index is 11.8. The van der Waals surface area contributed by atoms with Crippen molar-refractivity contribution in [3.8, 4) is 0 Å². The second-order valence-electron chi connectivity index (χ2n) is 5.68. The molecule has 0 aliphatic heterocycles. The minimum atomic E-state index is -0.695. The van der Waals surface area contributed by atoms with Gasteiger partial charge in [0.15, 0.2) is 5.60 Å². The van der Waals surface area contributed by atoms with Crippen molar-refractivity contribution in [3.63, 3.8) is 0 Å². The fourth-order valence-electron chi connectivity index (χ4n) is 3.21. The number of nitrogens with zero attached hydrogens (tertiary/aromatic N) is 1. The van der Waals surface area contributed by atoms with Gasteiger partial charge in [0.2, 0.25) is 0 Å². The maximum absolute atomic E-state index is 11.8. The molecule has 0 radical (unpaired) electrons. The lowest BCUT2D eigenvalue weighted by atomic mass is 9.83. The Bertz CT molecular complexity index is 721. The average Bonchev–Trinajstić information content (AvgIpc) is 2.92. The van der Waals surface area contributed by atoms with Crippen LogP contribution in [0.3, 0.4) is 0 Å². The van der Waals surface area contributed by atoms with Crippen molar-refractivity contribution in [2.24, 2.45) is 0 Å². The molecule has 3 rings (SSSR count). The van der Waals surface area contributed by atoms with Crippen molar-refractivity contribution in [1.82, 2.24) is 4.98 Å². The van der Waals surface area contributed by atoms with Gasteiger partial charge < -0.3 is 4.74 Å². The van der Waals surface area contributed by atoms with Crippen LogP contribution in [0.5, 0.6) is 0 Å². The minimum Gasteiger partial charge on any atom is -0.449 e.